The molecule has 0 heterocycles. The lowest BCUT2D eigenvalue weighted by Gasteiger charge is -2.06. The van der Waals surface area contributed by atoms with E-state index in [1.54, 1.807) is 0 Å². The molecule has 2 N–H and O–H groups in total. The molecular formula is C29H14N2O3. The van der Waals surface area contributed by atoms with Crippen molar-refractivity contribution in [2.75, 3.05) is 6.54 Å². The lowest BCUT2D eigenvalue weighted by Crippen LogP contribution is -2.38. The quantitative estimate of drug-likeness (QED) is 0.544. The SMILES string of the molecule is C#CC#CC#CC#CC#CC#CC#CC#CC#COC(=O)CNC(=O)NCc1ccc(C)cc1. The largest absolute Gasteiger partial charge is 0.370 e. The van der Waals surface area contributed by atoms with Gasteiger partial charge in [0.2, 0.25) is 0 Å². The highest BCUT2D eigenvalue weighted by Crippen LogP contribution is 2.02. The lowest BCUT2D eigenvalue weighted by atomic mass is 10.1. The number of nitrogens with one attached hydrogen (secondary N) is 2. The van der Waals surface area contributed by atoms with Crippen LogP contribution in [0, 0.1) is 114 Å². The fourth-order valence-electron chi connectivity index (χ4n) is 1.69. The smallest absolute Gasteiger partial charge is 0.339 e. The zero-order chi connectivity index (χ0) is 24.7. The molecule has 0 bridgehead atoms. The average Bonchev–Trinajstić information content (AvgIpc) is 2.84. The van der Waals surface area contributed by atoms with Crippen molar-refractivity contribution in [1.29, 1.82) is 0 Å². The molecule has 0 aliphatic carbocycles. The van der Waals surface area contributed by atoms with Crippen LogP contribution in [-0.2, 0) is 16.1 Å². The van der Waals surface area contributed by atoms with Gasteiger partial charge in [0.25, 0.3) is 0 Å². The molecule has 5 nitrogen and oxygen atoms in total. The highest BCUT2D eigenvalue weighted by Gasteiger charge is 2.05. The van der Waals surface area contributed by atoms with E-state index < -0.39 is 12.0 Å². The number of rotatable bonds is 4. The summed E-state index contributed by atoms with van der Waals surface area (Å²) in [5.74, 6) is 37.6. The Morgan fingerprint density at radius 3 is 1.71 bits per heavy atom. The monoisotopic (exact) mass is 438 g/mol. The summed E-state index contributed by atoms with van der Waals surface area (Å²) in [4.78, 5) is 23.2. The van der Waals surface area contributed by atoms with Gasteiger partial charge in [-0.3, -0.25) is 0 Å². The molecule has 0 unspecified atom stereocenters. The van der Waals surface area contributed by atoms with E-state index in [1.165, 1.54) is 0 Å². The van der Waals surface area contributed by atoms with E-state index in [2.05, 4.69) is 116 Å². The van der Waals surface area contributed by atoms with Crippen LogP contribution in [0.2, 0.25) is 0 Å². The first-order valence-corrected chi connectivity index (χ1v) is 9.34. The van der Waals surface area contributed by atoms with Crippen molar-refractivity contribution in [1.82, 2.24) is 10.6 Å². The predicted octanol–water partition coefficient (Wildman–Crippen LogP) is 0.955. The van der Waals surface area contributed by atoms with E-state index >= 15 is 0 Å². The Hall–Kier alpha value is -6.00. The van der Waals surface area contributed by atoms with Crippen LogP contribution in [-0.4, -0.2) is 18.5 Å². The Bertz CT molecular complexity index is 1460. The van der Waals surface area contributed by atoms with Crippen molar-refractivity contribution in [2.45, 2.75) is 13.5 Å². The van der Waals surface area contributed by atoms with Gasteiger partial charge in [-0.15, -0.1) is 6.42 Å². The van der Waals surface area contributed by atoms with Gasteiger partial charge in [-0.05, 0) is 59.9 Å². The zero-order valence-corrected chi connectivity index (χ0v) is 18.0. The summed E-state index contributed by atoms with van der Waals surface area (Å²) in [5, 5.41) is 4.99. The molecule has 0 fully saturated rings. The van der Waals surface area contributed by atoms with Crippen LogP contribution < -0.4 is 10.6 Å². The van der Waals surface area contributed by atoms with E-state index in [0.29, 0.717) is 6.54 Å². The van der Waals surface area contributed by atoms with Crippen LogP contribution in [0.3, 0.4) is 0 Å². The van der Waals surface area contributed by atoms with Gasteiger partial charge in [-0.1, -0.05) is 29.8 Å². The van der Waals surface area contributed by atoms with Crippen LogP contribution in [0.25, 0.3) is 0 Å². The Morgan fingerprint density at radius 1 is 0.735 bits per heavy atom. The molecule has 1 rings (SSSR count). The topological polar surface area (TPSA) is 67.4 Å². The summed E-state index contributed by atoms with van der Waals surface area (Å²) in [7, 11) is 0. The van der Waals surface area contributed by atoms with Crippen LogP contribution in [0.5, 0.6) is 0 Å². The number of hydrogen-bond acceptors (Lipinski definition) is 3. The first-order chi connectivity index (χ1) is 16.6. The summed E-state index contributed by atoms with van der Waals surface area (Å²) in [6, 6.07) is 7.19. The fraction of sp³-hybridized carbons (Fsp3) is 0.103. The van der Waals surface area contributed by atoms with Gasteiger partial charge in [-0.25, -0.2) is 9.59 Å². The second-order valence-electron chi connectivity index (χ2n) is 5.62. The second-order valence-corrected chi connectivity index (χ2v) is 5.62. The number of carbonyl (C=O) groups is 2. The molecule has 0 saturated carbocycles. The Kier molecular flexibility index (Phi) is 13.6. The molecule has 0 spiro atoms. The number of terminal acetylenes is 1. The Morgan fingerprint density at radius 2 is 1.21 bits per heavy atom. The molecule has 34 heavy (non-hydrogen) atoms. The first-order valence-electron chi connectivity index (χ1n) is 9.34. The fourth-order valence-corrected chi connectivity index (χ4v) is 1.69. The van der Waals surface area contributed by atoms with Gasteiger partial charge in [0.15, 0.2) is 0 Å². The number of hydrogen-bond donors (Lipinski definition) is 2. The zero-order valence-electron chi connectivity index (χ0n) is 18.0. The van der Waals surface area contributed by atoms with Gasteiger partial charge in [0.05, 0.1) is 0 Å². The third-order valence-electron chi connectivity index (χ3n) is 3.13. The number of benzene rings is 1. The minimum absolute atomic E-state index is 0.335. The minimum Gasteiger partial charge on any atom is -0.370 e. The van der Waals surface area contributed by atoms with Crippen molar-refractivity contribution in [3.63, 3.8) is 0 Å². The van der Waals surface area contributed by atoms with Crippen LogP contribution in [0.15, 0.2) is 24.3 Å². The number of carbonyl (C=O) groups excluding carboxylic acids is 2. The summed E-state index contributed by atoms with van der Waals surface area (Å²) < 4.78 is 4.61. The van der Waals surface area contributed by atoms with Gasteiger partial charge in [-0.2, -0.15) is 0 Å². The molecule has 2 amide bonds. The van der Waals surface area contributed by atoms with E-state index in [1.807, 2.05) is 31.2 Å². The molecule has 158 valence electrons. The Labute approximate surface area is 199 Å². The van der Waals surface area contributed by atoms with Crippen molar-refractivity contribution < 1.29 is 14.3 Å². The normalized spacial score (nSPS) is 6.71. The number of ether oxygens (including phenoxy) is 1. The maximum atomic E-state index is 11.7. The number of esters is 1. The summed E-state index contributed by atoms with van der Waals surface area (Å²) >= 11 is 0. The summed E-state index contributed by atoms with van der Waals surface area (Å²) in [6.45, 7) is 1.97. The predicted molar refractivity (Wildman–Crippen MR) is 129 cm³/mol. The van der Waals surface area contributed by atoms with E-state index in [0.717, 1.165) is 11.1 Å². The molecule has 5 heteroatoms. The van der Waals surface area contributed by atoms with Gasteiger partial charge >= 0.3 is 12.0 Å². The summed E-state index contributed by atoms with van der Waals surface area (Å²) in [5.41, 5.74) is 2.07. The third kappa shape index (κ3) is 14.9. The first kappa shape index (κ1) is 26.0. The highest BCUT2D eigenvalue weighted by molar-refractivity contribution is 5.81. The molecule has 0 aliphatic rings. The molecule has 0 aliphatic heterocycles. The molecular weight excluding hydrogens is 424 g/mol. The van der Waals surface area contributed by atoms with Crippen molar-refractivity contribution in [2.24, 2.45) is 0 Å². The van der Waals surface area contributed by atoms with Gasteiger partial charge in [0.1, 0.15) is 12.7 Å². The van der Waals surface area contributed by atoms with Crippen molar-refractivity contribution in [3.8, 4) is 107 Å². The standard InChI is InChI=1S/C29H14N2O3/c1-3-4-5-6-7-8-9-10-11-12-13-14-15-16-17-18-23-34-28(32)25-31-29(33)30-24-27-21-19-26(2)20-22-27/h1,19-22H,24-25H2,2H3,(H2,30,31,33). The average molecular weight is 438 g/mol. The van der Waals surface area contributed by atoms with Gasteiger partial charge in [0, 0.05) is 53.9 Å². The van der Waals surface area contributed by atoms with Crippen LogP contribution in [0.1, 0.15) is 11.1 Å². The number of aryl methyl sites for hydroxylation is 1. The number of amides is 2. The lowest BCUT2D eigenvalue weighted by molar-refractivity contribution is -0.135. The molecule has 0 aromatic heterocycles. The number of urea groups is 1. The van der Waals surface area contributed by atoms with Gasteiger partial charge < -0.3 is 15.4 Å². The third-order valence-corrected chi connectivity index (χ3v) is 3.13. The van der Waals surface area contributed by atoms with E-state index in [-0.39, 0.29) is 6.54 Å². The maximum absolute atomic E-state index is 11.7. The molecule has 1 aromatic carbocycles. The van der Waals surface area contributed by atoms with E-state index in [9.17, 15) is 9.59 Å². The van der Waals surface area contributed by atoms with Crippen molar-refractivity contribution >= 4 is 12.0 Å². The Balaban J connectivity index is 2.28. The summed E-state index contributed by atoms with van der Waals surface area (Å²) in [6.07, 6.45) is 7.02. The second kappa shape index (κ2) is 17.8. The molecule has 1 aromatic rings. The van der Waals surface area contributed by atoms with Crippen LogP contribution in [0.4, 0.5) is 4.79 Å². The van der Waals surface area contributed by atoms with E-state index in [4.69, 9.17) is 6.42 Å². The highest BCUT2D eigenvalue weighted by atomic mass is 16.5. The molecule has 0 saturated heterocycles. The van der Waals surface area contributed by atoms with Crippen molar-refractivity contribution in [3.05, 3.63) is 35.4 Å². The molecule has 0 radical (unpaired) electrons. The van der Waals surface area contributed by atoms with Crippen LogP contribution >= 0.6 is 0 Å². The molecule has 0 atom stereocenters. The maximum Gasteiger partial charge on any atom is 0.339 e. The minimum atomic E-state index is -0.732.